The Morgan fingerprint density at radius 2 is 1.86 bits per heavy atom. The summed E-state index contributed by atoms with van der Waals surface area (Å²) in [5.74, 6) is 1.09. The third-order valence-corrected chi connectivity index (χ3v) is 4.86. The van der Waals surface area contributed by atoms with Crippen LogP contribution in [0.15, 0.2) is 59.8 Å². The average molecular weight is 304 g/mol. The predicted octanol–water partition coefficient (Wildman–Crippen LogP) is 5.28. The van der Waals surface area contributed by atoms with Crippen molar-refractivity contribution in [3.8, 4) is 17.2 Å². The monoisotopic (exact) mass is 304 g/mol. The molecule has 0 aliphatic heterocycles. The van der Waals surface area contributed by atoms with Crippen LogP contribution in [-0.4, -0.2) is 10.7 Å². The van der Waals surface area contributed by atoms with Crippen molar-refractivity contribution in [1.29, 1.82) is 5.26 Å². The van der Waals surface area contributed by atoms with Crippen LogP contribution in [0.5, 0.6) is 0 Å². The van der Waals surface area contributed by atoms with Crippen LogP contribution in [0.25, 0.3) is 21.9 Å². The molecule has 3 aromatic rings. The van der Waals surface area contributed by atoms with Gasteiger partial charge in [-0.1, -0.05) is 37.3 Å². The van der Waals surface area contributed by atoms with Crippen molar-refractivity contribution in [3.05, 3.63) is 60.4 Å². The minimum atomic E-state index is 0.714. The Balaban J connectivity index is 2.22. The van der Waals surface area contributed by atoms with Gasteiger partial charge in [-0.3, -0.25) is 4.98 Å². The van der Waals surface area contributed by atoms with Crippen LogP contribution in [0.4, 0.5) is 0 Å². The molecule has 0 aliphatic rings. The first-order valence-corrected chi connectivity index (χ1v) is 8.32. The molecule has 108 valence electrons. The first-order valence-electron chi connectivity index (χ1n) is 7.34. The van der Waals surface area contributed by atoms with Gasteiger partial charge in [-0.05, 0) is 35.3 Å². The molecule has 0 N–H and O–H groups in total. The number of fused-ring (bicyclic) bond motifs is 1. The van der Waals surface area contributed by atoms with Gasteiger partial charge in [0.25, 0.3) is 0 Å². The number of hydrogen-bond donors (Lipinski definition) is 0. The molecule has 0 saturated carbocycles. The molecule has 0 bridgehead atoms. The highest BCUT2D eigenvalue weighted by Gasteiger charge is 2.11. The molecular weight excluding hydrogens is 288 g/mol. The van der Waals surface area contributed by atoms with Crippen LogP contribution in [0, 0.1) is 11.3 Å². The van der Waals surface area contributed by atoms with Crippen molar-refractivity contribution in [1.82, 2.24) is 4.98 Å². The Labute approximate surface area is 134 Å². The predicted molar refractivity (Wildman–Crippen MR) is 92.9 cm³/mol. The normalized spacial score (nSPS) is 10.5. The molecule has 0 unspecified atom stereocenters. The van der Waals surface area contributed by atoms with Gasteiger partial charge in [0.05, 0.1) is 11.6 Å². The van der Waals surface area contributed by atoms with Gasteiger partial charge in [-0.15, -0.1) is 11.8 Å². The lowest BCUT2D eigenvalue weighted by molar-refractivity contribution is 1.10. The first-order chi connectivity index (χ1) is 10.8. The summed E-state index contributed by atoms with van der Waals surface area (Å²) >= 11 is 1.86. The van der Waals surface area contributed by atoms with Crippen molar-refractivity contribution < 1.29 is 0 Å². The fourth-order valence-corrected chi connectivity index (χ4v) is 3.45. The van der Waals surface area contributed by atoms with Gasteiger partial charge in [-0.2, -0.15) is 5.26 Å². The molecule has 1 heterocycles. The number of hydrogen-bond acceptors (Lipinski definition) is 3. The number of nitriles is 1. The van der Waals surface area contributed by atoms with E-state index >= 15 is 0 Å². The zero-order valence-electron chi connectivity index (χ0n) is 12.4. The van der Waals surface area contributed by atoms with Crippen molar-refractivity contribution >= 4 is 22.5 Å². The van der Waals surface area contributed by atoms with Gasteiger partial charge in [0, 0.05) is 28.2 Å². The summed E-state index contributed by atoms with van der Waals surface area (Å²) in [5, 5.41) is 11.4. The lowest BCUT2D eigenvalue weighted by Crippen LogP contribution is -1.89. The lowest BCUT2D eigenvalue weighted by atomic mass is 9.96. The quantitative estimate of drug-likeness (QED) is 0.616. The molecule has 3 rings (SSSR count). The fourth-order valence-electron chi connectivity index (χ4n) is 2.55. The molecule has 3 heteroatoms. The van der Waals surface area contributed by atoms with Gasteiger partial charge in [-0.25, -0.2) is 0 Å². The van der Waals surface area contributed by atoms with Crippen molar-refractivity contribution in [2.75, 3.05) is 5.75 Å². The molecular formula is C19H16N2S. The molecule has 2 aromatic carbocycles. The molecule has 0 aliphatic carbocycles. The second-order valence-corrected chi connectivity index (χ2v) is 6.18. The SMILES string of the molecule is CCCSc1ccncc1-c1ccc(C#N)c2ccccc12. The maximum atomic E-state index is 9.30. The van der Waals surface area contributed by atoms with Gasteiger partial charge in [0.1, 0.15) is 0 Å². The van der Waals surface area contributed by atoms with E-state index in [1.807, 2.05) is 54.5 Å². The van der Waals surface area contributed by atoms with E-state index in [2.05, 4.69) is 30.1 Å². The molecule has 0 radical (unpaired) electrons. The summed E-state index contributed by atoms with van der Waals surface area (Å²) in [6, 6.07) is 16.4. The standard InChI is InChI=1S/C19H16N2S/c1-2-11-22-19-9-10-21-13-18(19)17-8-7-14(12-20)15-5-3-4-6-16(15)17/h3-10,13H,2,11H2,1H3. The van der Waals surface area contributed by atoms with E-state index in [1.54, 1.807) is 0 Å². The summed E-state index contributed by atoms with van der Waals surface area (Å²) in [6.45, 7) is 2.19. The highest BCUT2D eigenvalue weighted by atomic mass is 32.2. The van der Waals surface area contributed by atoms with E-state index in [1.165, 1.54) is 4.90 Å². The third-order valence-electron chi connectivity index (χ3n) is 3.58. The Bertz CT molecular complexity index is 849. The zero-order chi connectivity index (χ0) is 15.4. The summed E-state index contributed by atoms with van der Waals surface area (Å²) in [6.07, 6.45) is 4.90. The van der Waals surface area contributed by atoms with Crippen LogP contribution in [-0.2, 0) is 0 Å². The number of rotatable bonds is 4. The second kappa shape index (κ2) is 6.64. The molecule has 0 spiro atoms. The van der Waals surface area contributed by atoms with E-state index < -0.39 is 0 Å². The largest absolute Gasteiger partial charge is 0.264 e. The molecule has 0 fully saturated rings. The maximum absolute atomic E-state index is 9.30. The third kappa shape index (κ3) is 2.70. The van der Waals surface area contributed by atoms with Gasteiger partial charge in [0.15, 0.2) is 0 Å². The maximum Gasteiger partial charge on any atom is 0.0998 e. The number of nitrogens with zero attached hydrogens (tertiary/aromatic N) is 2. The summed E-state index contributed by atoms with van der Waals surface area (Å²) in [7, 11) is 0. The van der Waals surface area contributed by atoms with Crippen LogP contribution < -0.4 is 0 Å². The van der Waals surface area contributed by atoms with E-state index in [9.17, 15) is 5.26 Å². The minimum Gasteiger partial charge on any atom is -0.264 e. The number of thioether (sulfide) groups is 1. The van der Waals surface area contributed by atoms with Crippen LogP contribution in [0.1, 0.15) is 18.9 Å². The topological polar surface area (TPSA) is 36.7 Å². The van der Waals surface area contributed by atoms with Crippen LogP contribution in [0.3, 0.4) is 0 Å². The Morgan fingerprint density at radius 1 is 1.05 bits per heavy atom. The molecule has 0 saturated heterocycles. The molecule has 0 amide bonds. The fraction of sp³-hybridized carbons (Fsp3) is 0.158. The first kappa shape index (κ1) is 14.6. The van der Waals surface area contributed by atoms with Crippen LogP contribution in [0.2, 0.25) is 0 Å². The Hall–Kier alpha value is -2.31. The van der Waals surface area contributed by atoms with Crippen molar-refractivity contribution in [3.63, 3.8) is 0 Å². The average Bonchev–Trinajstić information content (AvgIpc) is 2.59. The minimum absolute atomic E-state index is 0.714. The number of pyridine rings is 1. The Morgan fingerprint density at radius 3 is 2.64 bits per heavy atom. The molecule has 1 aromatic heterocycles. The van der Waals surface area contributed by atoms with Gasteiger partial charge in [0.2, 0.25) is 0 Å². The van der Waals surface area contributed by atoms with E-state index in [-0.39, 0.29) is 0 Å². The Kier molecular flexibility index (Phi) is 4.41. The van der Waals surface area contributed by atoms with Crippen LogP contribution >= 0.6 is 11.8 Å². The highest BCUT2D eigenvalue weighted by molar-refractivity contribution is 7.99. The van der Waals surface area contributed by atoms with E-state index in [4.69, 9.17) is 0 Å². The molecule has 2 nitrogen and oxygen atoms in total. The highest BCUT2D eigenvalue weighted by Crippen LogP contribution is 2.36. The lowest BCUT2D eigenvalue weighted by Gasteiger charge is -2.12. The van der Waals surface area contributed by atoms with Crippen molar-refractivity contribution in [2.45, 2.75) is 18.2 Å². The molecule has 0 atom stereocenters. The summed E-state index contributed by atoms with van der Waals surface area (Å²) in [5.41, 5.74) is 2.99. The smallest absolute Gasteiger partial charge is 0.0998 e. The molecule has 22 heavy (non-hydrogen) atoms. The van der Waals surface area contributed by atoms with Crippen molar-refractivity contribution in [2.24, 2.45) is 0 Å². The summed E-state index contributed by atoms with van der Waals surface area (Å²) < 4.78 is 0. The summed E-state index contributed by atoms with van der Waals surface area (Å²) in [4.78, 5) is 5.54. The number of benzene rings is 2. The van der Waals surface area contributed by atoms with E-state index in [0.717, 1.165) is 34.1 Å². The second-order valence-electron chi connectivity index (χ2n) is 5.04. The van der Waals surface area contributed by atoms with Gasteiger partial charge >= 0.3 is 0 Å². The zero-order valence-corrected chi connectivity index (χ0v) is 13.2. The van der Waals surface area contributed by atoms with Gasteiger partial charge < -0.3 is 0 Å². The number of aromatic nitrogens is 1. The van der Waals surface area contributed by atoms with E-state index in [0.29, 0.717) is 5.56 Å².